The molecule has 4 aromatic rings. The SMILES string of the molecule is C=S(=O)(c1ccc(Cl)cn1)N(C1CC1)[C@H]1CCC2=Cc3c(cnn3-c3ccc(F)cc3)C[C@]2(C(=O)c2cc(C(F)(F)F)ccn2)C1. The van der Waals surface area contributed by atoms with Gasteiger partial charge in [-0.3, -0.25) is 9.78 Å². The summed E-state index contributed by atoms with van der Waals surface area (Å²) in [6.07, 6.45) is 4.14. The van der Waals surface area contributed by atoms with Gasteiger partial charge in [0.2, 0.25) is 0 Å². The van der Waals surface area contributed by atoms with Gasteiger partial charge in [-0.15, -0.1) is 0 Å². The highest BCUT2D eigenvalue weighted by atomic mass is 35.5. The van der Waals surface area contributed by atoms with Gasteiger partial charge in [-0.05, 0) is 105 Å². The Morgan fingerprint density at radius 2 is 1.80 bits per heavy atom. The average Bonchev–Trinajstić information content (AvgIpc) is 3.78. The number of fused-ring (bicyclic) bond motifs is 2. The highest BCUT2D eigenvalue weighted by molar-refractivity contribution is 7.98. The van der Waals surface area contributed by atoms with E-state index in [9.17, 15) is 26.6 Å². The molecule has 3 aliphatic carbocycles. The molecule has 0 N–H and O–H groups in total. The molecule has 3 aromatic heterocycles. The molecule has 0 aliphatic heterocycles. The number of pyridine rings is 2. The molecule has 3 heterocycles. The van der Waals surface area contributed by atoms with Gasteiger partial charge in [0, 0.05) is 24.5 Å². The van der Waals surface area contributed by atoms with Crippen molar-refractivity contribution in [2.24, 2.45) is 5.41 Å². The molecule has 2 fully saturated rings. The van der Waals surface area contributed by atoms with Crippen LogP contribution in [0.3, 0.4) is 0 Å². The molecule has 1 unspecified atom stereocenters. The van der Waals surface area contributed by atoms with Crippen LogP contribution in [0.25, 0.3) is 11.8 Å². The Bertz CT molecular complexity index is 1970. The number of aromatic nitrogens is 4. The third kappa shape index (κ3) is 5.35. The van der Waals surface area contributed by atoms with Crippen LogP contribution in [0.5, 0.6) is 0 Å². The van der Waals surface area contributed by atoms with Gasteiger partial charge in [-0.2, -0.15) is 18.3 Å². The molecule has 2 saturated carbocycles. The largest absolute Gasteiger partial charge is 0.416 e. The molecule has 7 rings (SSSR count). The van der Waals surface area contributed by atoms with E-state index in [1.165, 1.54) is 18.3 Å². The molecule has 0 radical (unpaired) electrons. The monoisotopic (exact) mass is 669 g/mol. The van der Waals surface area contributed by atoms with Gasteiger partial charge in [0.1, 0.15) is 16.5 Å². The van der Waals surface area contributed by atoms with Crippen LogP contribution in [0, 0.1) is 11.2 Å². The van der Waals surface area contributed by atoms with Crippen LogP contribution in [-0.2, 0) is 22.3 Å². The number of nitrogens with zero attached hydrogens (tertiary/aromatic N) is 5. The molecule has 238 valence electrons. The summed E-state index contributed by atoms with van der Waals surface area (Å²) in [7, 11) is -3.11. The van der Waals surface area contributed by atoms with Gasteiger partial charge < -0.3 is 0 Å². The Balaban J connectivity index is 1.33. The first-order valence-electron chi connectivity index (χ1n) is 14.8. The lowest BCUT2D eigenvalue weighted by Gasteiger charge is -2.47. The number of alkyl halides is 3. The maximum atomic E-state index is 14.6. The maximum absolute atomic E-state index is 14.6. The summed E-state index contributed by atoms with van der Waals surface area (Å²) in [4.78, 5) is 23.0. The second-order valence-electron chi connectivity index (χ2n) is 12.1. The molecule has 0 bridgehead atoms. The van der Waals surface area contributed by atoms with Crippen molar-refractivity contribution < 1.29 is 26.6 Å². The van der Waals surface area contributed by atoms with Crippen LogP contribution in [0.2, 0.25) is 5.02 Å². The Morgan fingerprint density at radius 1 is 1.04 bits per heavy atom. The standard InChI is InChI=1S/C33H28ClF4N5O2S/c1-46(45,30-11-3-23(34)19-40-30)43(26-9-10-26)27-6-2-21-15-29-20(18-41-42(29)25-7-4-24(35)5-8-25)16-32(21,17-27)31(44)28-14-22(12-13-39-28)33(36,37)38/h3-5,7-8,11-15,18-19,26-27H,1-2,6,9-10,16-17H2/t27-,32-,46?/m0/s1. The van der Waals surface area contributed by atoms with Crippen molar-refractivity contribution in [2.45, 2.75) is 61.8 Å². The molecular formula is C33H28ClF4N5O2S. The molecule has 46 heavy (non-hydrogen) atoms. The Hall–Kier alpha value is -3.87. The molecule has 0 amide bonds. The summed E-state index contributed by atoms with van der Waals surface area (Å²) < 4.78 is 72.8. The van der Waals surface area contributed by atoms with Crippen molar-refractivity contribution in [3.8, 4) is 5.69 Å². The lowest BCUT2D eigenvalue weighted by Crippen LogP contribution is -2.51. The topological polar surface area (TPSA) is 81.0 Å². The minimum absolute atomic E-state index is 0.0442. The van der Waals surface area contributed by atoms with Gasteiger partial charge in [0.25, 0.3) is 0 Å². The zero-order valence-electron chi connectivity index (χ0n) is 24.4. The van der Waals surface area contributed by atoms with Crippen molar-refractivity contribution >= 4 is 39.0 Å². The van der Waals surface area contributed by atoms with E-state index in [1.54, 1.807) is 35.1 Å². The Kier molecular flexibility index (Phi) is 7.45. The fraction of sp³-hybridized carbons (Fsp3) is 0.303. The fourth-order valence-electron chi connectivity index (χ4n) is 6.83. The zero-order chi connectivity index (χ0) is 32.4. The number of rotatable bonds is 7. The number of carbonyl (C=O) groups excluding carboxylic acids is 1. The molecule has 13 heteroatoms. The predicted octanol–water partition coefficient (Wildman–Crippen LogP) is 6.99. The minimum atomic E-state index is -4.66. The van der Waals surface area contributed by atoms with E-state index in [1.807, 2.05) is 10.4 Å². The summed E-state index contributed by atoms with van der Waals surface area (Å²) in [6.45, 7) is 0. The summed E-state index contributed by atoms with van der Waals surface area (Å²) in [5.74, 6) is 3.20. The van der Waals surface area contributed by atoms with Gasteiger partial charge in [0.15, 0.2) is 5.78 Å². The number of benzene rings is 1. The molecular weight excluding hydrogens is 642 g/mol. The molecule has 0 saturated heterocycles. The normalized spacial score (nSPS) is 22.5. The first-order valence-corrected chi connectivity index (χ1v) is 16.8. The molecule has 3 atom stereocenters. The van der Waals surface area contributed by atoms with Crippen molar-refractivity contribution in [3.05, 3.63) is 106 Å². The fourth-order valence-corrected chi connectivity index (χ4v) is 9.01. The van der Waals surface area contributed by atoms with Gasteiger partial charge in [-0.1, -0.05) is 17.2 Å². The number of allylic oxidation sites excluding steroid dienone is 1. The van der Waals surface area contributed by atoms with Crippen LogP contribution in [0.1, 0.15) is 59.4 Å². The highest BCUT2D eigenvalue weighted by Gasteiger charge is 2.53. The molecule has 7 nitrogen and oxygen atoms in total. The van der Waals surface area contributed by atoms with Gasteiger partial charge in [0.05, 0.1) is 43.3 Å². The van der Waals surface area contributed by atoms with Crippen molar-refractivity contribution in [1.29, 1.82) is 0 Å². The zero-order valence-corrected chi connectivity index (χ0v) is 26.0. The van der Waals surface area contributed by atoms with E-state index >= 15 is 0 Å². The molecule has 3 aliphatic rings. The van der Waals surface area contributed by atoms with E-state index in [0.29, 0.717) is 34.8 Å². The first kappa shape index (κ1) is 30.8. The summed E-state index contributed by atoms with van der Waals surface area (Å²) in [6, 6.07) is 10.3. The number of carbonyl (C=O) groups is 1. The lowest BCUT2D eigenvalue weighted by atomic mass is 9.60. The average molecular weight is 670 g/mol. The predicted molar refractivity (Wildman–Crippen MR) is 166 cm³/mol. The Labute approximate surface area is 268 Å². The van der Waals surface area contributed by atoms with E-state index in [-0.39, 0.29) is 29.6 Å². The van der Waals surface area contributed by atoms with Gasteiger partial charge in [-0.25, -0.2) is 22.6 Å². The molecule has 1 aromatic carbocycles. The Morgan fingerprint density at radius 3 is 2.48 bits per heavy atom. The van der Waals surface area contributed by atoms with E-state index in [4.69, 9.17) is 11.6 Å². The summed E-state index contributed by atoms with van der Waals surface area (Å²) in [5.41, 5.74) is 0.255. The highest BCUT2D eigenvalue weighted by Crippen LogP contribution is 2.52. The van der Waals surface area contributed by atoms with Crippen LogP contribution in [0.15, 0.2) is 77.7 Å². The summed E-state index contributed by atoms with van der Waals surface area (Å²) >= 11 is 6.05. The smallest absolute Gasteiger partial charge is 0.291 e. The minimum Gasteiger partial charge on any atom is -0.291 e. The van der Waals surface area contributed by atoms with Crippen LogP contribution < -0.4 is 0 Å². The van der Waals surface area contributed by atoms with Crippen molar-refractivity contribution in [2.75, 3.05) is 0 Å². The van der Waals surface area contributed by atoms with Crippen LogP contribution in [-0.4, -0.2) is 52.0 Å². The van der Waals surface area contributed by atoms with Crippen LogP contribution in [0.4, 0.5) is 17.6 Å². The van der Waals surface area contributed by atoms with Crippen molar-refractivity contribution in [3.63, 3.8) is 0 Å². The number of hydrogen-bond donors (Lipinski definition) is 0. The first-order chi connectivity index (χ1) is 21.9. The van der Waals surface area contributed by atoms with Crippen LogP contribution >= 0.6 is 11.6 Å². The second kappa shape index (κ2) is 11.1. The third-order valence-corrected chi connectivity index (χ3v) is 11.5. The summed E-state index contributed by atoms with van der Waals surface area (Å²) in [5, 5.41) is 5.20. The lowest BCUT2D eigenvalue weighted by molar-refractivity contribution is -0.137. The molecule has 0 spiro atoms. The third-order valence-electron chi connectivity index (χ3n) is 9.10. The quantitative estimate of drug-likeness (QED) is 0.120. The number of halogens is 5. The maximum Gasteiger partial charge on any atom is 0.416 e. The van der Waals surface area contributed by atoms with Gasteiger partial charge >= 0.3 is 6.18 Å². The van der Waals surface area contributed by atoms with Crippen molar-refractivity contribution in [1.82, 2.24) is 24.1 Å². The second-order valence-corrected chi connectivity index (χ2v) is 14.6. The number of ketones is 1. The van der Waals surface area contributed by atoms with E-state index < -0.39 is 44.5 Å². The van der Waals surface area contributed by atoms with E-state index in [0.717, 1.165) is 36.7 Å². The van der Waals surface area contributed by atoms with E-state index in [2.05, 4.69) is 20.9 Å². The number of Topliss-reactive ketones (excluding diaryl/α,β-unsaturated/α-hetero) is 1. The number of hydrogen-bond acceptors (Lipinski definition) is 5.